The van der Waals surface area contributed by atoms with Crippen molar-refractivity contribution in [1.29, 1.82) is 0 Å². The van der Waals surface area contributed by atoms with Gasteiger partial charge in [-0.3, -0.25) is 4.79 Å². The predicted octanol–water partition coefficient (Wildman–Crippen LogP) is 0.937. The Bertz CT molecular complexity index is 571. The lowest BCUT2D eigenvalue weighted by Crippen LogP contribution is -2.52. The number of ether oxygens (including phenoxy) is 1. The largest absolute Gasteiger partial charge is 0.439 e. The summed E-state index contributed by atoms with van der Waals surface area (Å²) in [5, 5.41) is 2.70. The highest BCUT2D eigenvalue weighted by molar-refractivity contribution is 5.77. The number of nitrogens with one attached hydrogen (secondary N) is 1. The van der Waals surface area contributed by atoms with Gasteiger partial charge >= 0.3 is 6.09 Å². The highest BCUT2D eigenvalue weighted by Gasteiger charge is 2.44. The van der Waals surface area contributed by atoms with Crippen LogP contribution in [0, 0.1) is 0 Å². The maximum Gasteiger partial charge on any atom is 0.407 e. The average molecular weight is 306 g/mol. The molecule has 0 radical (unpaired) electrons. The third kappa shape index (κ3) is 2.93. The third-order valence-corrected chi connectivity index (χ3v) is 4.44. The van der Waals surface area contributed by atoms with E-state index in [-0.39, 0.29) is 12.0 Å². The Labute approximate surface area is 129 Å². The Morgan fingerprint density at radius 3 is 3.14 bits per heavy atom. The van der Waals surface area contributed by atoms with E-state index in [9.17, 15) is 9.59 Å². The second-order valence-electron chi connectivity index (χ2n) is 5.99. The number of imidazole rings is 1. The molecule has 1 aromatic rings. The fourth-order valence-corrected chi connectivity index (χ4v) is 3.27. The zero-order chi connectivity index (χ0) is 15.6. The molecule has 22 heavy (non-hydrogen) atoms. The number of aryl methyl sites for hydroxylation is 2. The van der Waals surface area contributed by atoms with Crippen LogP contribution in [-0.4, -0.2) is 51.7 Å². The predicted molar refractivity (Wildman–Crippen MR) is 79.3 cm³/mol. The molecule has 2 saturated heterocycles. The molecule has 1 atom stereocenters. The Hall–Kier alpha value is -2.05. The molecule has 2 aliphatic rings. The molecule has 120 valence electrons. The Morgan fingerprint density at radius 2 is 2.41 bits per heavy atom. The second-order valence-corrected chi connectivity index (χ2v) is 5.99. The van der Waals surface area contributed by atoms with Crippen molar-refractivity contribution >= 4 is 12.0 Å². The van der Waals surface area contributed by atoms with Gasteiger partial charge in [0, 0.05) is 38.3 Å². The number of piperidine rings is 1. The van der Waals surface area contributed by atoms with Crippen LogP contribution in [0.3, 0.4) is 0 Å². The minimum Gasteiger partial charge on any atom is -0.439 e. The SMILES string of the molecule is CCc1nccn1CCC(=O)N1CCC[C@]2(CNC(=O)O2)C1. The van der Waals surface area contributed by atoms with Gasteiger partial charge in [-0.15, -0.1) is 0 Å². The van der Waals surface area contributed by atoms with E-state index in [2.05, 4.69) is 17.2 Å². The van der Waals surface area contributed by atoms with Crippen molar-refractivity contribution in [2.24, 2.45) is 0 Å². The molecule has 3 heterocycles. The average Bonchev–Trinajstić information content (AvgIpc) is 3.11. The number of carbonyl (C=O) groups excluding carboxylic acids is 2. The minimum absolute atomic E-state index is 0.109. The van der Waals surface area contributed by atoms with Crippen molar-refractivity contribution < 1.29 is 14.3 Å². The Morgan fingerprint density at radius 1 is 1.55 bits per heavy atom. The van der Waals surface area contributed by atoms with Crippen molar-refractivity contribution in [2.45, 2.75) is 44.8 Å². The highest BCUT2D eigenvalue weighted by atomic mass is 16.6. The third-order valence-electron chi connectivity index (χ3n) is 4.44. The molecule has 1 aromatic heterocycles. The molecular weight excluding hydrogens is 284 g/mol. The summed E-state index contributed by atoms with van der Waals surface area (Å²) in [5.74, 6) is 1.11. The van der Waals surface area contributed by atoms with Gasteiger partial charge in [-0.2, -0.15) is 0 Å². The molecule has 0 unspecified atom stereocenters. The normalized spacial score (nSPS) is 24.4. The number of hydrogen-bond acceptors (Lipinski definition) is 4. The molecule has 1 N–H and O–H groups in total. The zero-order valence-corrected chi connectivity index (χ0v) is 12.9. The lowest BCUT2D eigenvalue weighted by Gasteiger charge is -2.38. The fourth-order valence-electron chi connectivity index (χ4n) is 3.27. The Kier molecular flexibility index (Phi) is 4.04. The smallest absolute Gasteiger partial charge is 0.407 e. The first-order valence-corrected chi connectivity index (χ1v) is 7.86. The summed E-state index contributed by atoms with van der Waals surface area (Å²) in [6, 6.07) is 0. The molecule has 0 bridgehead atoms. The molecular formula is C15H22N4O3. The standard InChI is InChI=1S/C15H22N4O3/c1-2-12-16-6-9-18(12)8-4-13(20)19-7-3-5-15(11-19)10-17-14(21)22-15/h6,9H,2-5,7-8,10-11H2,1H3,(H,17,21)/t15-/m0/s1. The molecule has 2 aliphatic heterocycles. The van der Waals surface area contributed by atoms with Crippen LogP contribution in [0.4, 0.5) is 4.79 Å². The first-order chi connectivity index (χ1) is 10.6. The van der Waals surface area contributed by atoms with Crippen LogP contribution in [0.25, 0.3) is 0 Å². The van der Waals surface area contributed by atoms with Gasteiger partial charge < -0.3 is 19.5 Å². The second kappa shape index (κ2) is 5.98. The van der Waals surface area contributed by atoms with E-state index in [1.807, 2.05) is 15.7 Å². The number of nitrogens with zero attached hydrogens (tertiary/aromatic N) is 3. The molecule has 7 nitrogen and oxygen atoms in total. The number of likely N-dealkylation sites (tertiary alicyclic amines) is 1. The van der Waals surface area contributed by atoms with Gasteiger partial charge in [0.2, 0.25) is 5.91 Å². The van der Waals surface area contributed by atoms with Gasteiger partial charge in [0.25, 0.3) is 0 Å². The van der Waals surface area contributed by atoms with Crippen LogP contribution in [0.2, 0.25) is 0 Å². The maximum atomic E-state index is 12.4. The van der Waals surface area contributed by atoms with Gasteiger partial charge in [-0.05, 0) is 12.8 Å². The summed E-state index contributed by atoms with van der Waals surface area (Å²) in [4.78, 5) is 29.8. The summed E-state index contributed by atoms with van der Waals surface area (Å²) in [6.07, 6.45) is 6.29. The van der Waals surface area contributed by atoms with E-state index in [1.54, 1.807) is 6.20 Å². The number of hydrogen-bond donors (Lipinski definition) is 1. The zero-order valence-electron chi connectivity index (χ0n) is 12.9. The highest BCUT2D eigenvalue weighted by Crippen LogP contribution is 2.28. The van der Waals surface area contributed by atoms with Gasteiger partial charge in [-0.25, -0.2) is 9.78 Å². The van der Waals surface area contributed by atoms with Gasteiger partial charge in [-0.1, -0.05) is 6.92 Å². The molecule has 3 rings (SSSR count). The van der Waals surface area contributed by atoms with E-state index in [0.717, 1.165) is 31.6 Å². The van der Waals surface area contributed by atoms with Crippen LogP contribution >= 0.6 is 0 Å². The number of alkyl carbamates (subject to hydrolysis) is 1. The first kappa shape index (κ1) is 14.9. The fraction of sp³-hybridized carbons (Fsp3) is 0.667. The number of amides is 2. The number of aromatic nitrogens is 2. The quantitative estimate of drug-likeness (QED) is 0.898. The van der Waals surface area contributed by atoms with Crippen molar-refractivity contribution in [1.82, 2.24) is 19.8 Å². The lowest BCUT2D eigenvalue weighted by molar-refractivity contribution is -0.137. The minimum atomic E-state index is -0.519. The topological polar surface area (TPSA) is 76.5 Å². The molecule has 7 heteroatoms. The van der Waals surface area contributed by atoms with Crippen molar-refractivity contribution in [3.05, 3.63) is 18.2 Å². The van der Waals surface area contributed by atoms with Crippen LogP contribution in [-0.2, 0) is 22.5 Å². The van der Waals surface area contributed by atoms with Gasteiger partial charge in [0.05, 0.1) is 13.1 Å². The molecule has 2 amide bonds. The van der Waals surface area contributed by atoms with Crippen LogP contribution in [0.5, 0.6) is 0 Å². The first-order valence-electron chi connectivity index (χ1n) is 7.86. The van der Waals surface area contributed by atoms with Crippen molar-refractivity contribution in [2.75, 3.05) is 19.6 Å². The van der Waals surface area contributed by atoms with E-state index >= 15 is 0 Å². The van der Waals surface area contributed by atoms with Gasteiger partial charge in [0.15, 0.2) is 0 Å². The van der Waals surface area contributed by atoms with Crippen LogP contribution < -0.4 is 5.32 Å². The Balaban J connectivity index is 1.57. The monoisotopic (exact) mass is 306 g/mol. The van der Waals surface area contributed by atoms with Crippen LogP contribution in [0.15, 0.2) is 12.4 Å². The summed E-state index contributed by atoms with van der Waals surface area (Å²) < 4.78 is 7.42. The summed E-state index contributed by atoms with van der Waals surface area (Å²) in [6.45, 7) is 4.43. The van der Waals surface area contributed by atoms with E-state index < -0.39 is 5.60 Å². The summed E-state index contributed by atoms with van der Waals surface area (Å²) in [7, 11) is 0. The molecule has 1 spiro atoms. The van der Waals surface area contributed by atoms with E-state index in [1.165, 1.54) is 0 Å². The molecule has 2 fully saturated rings. The lowest BCUT2D eigenvalue weighted by atomic mass is 9.93. The molecule has 0 saturated carbocycles. The molecule has 0 aromatic carbocycles. The van der Waals surface area contributed by atoms with Crippen molar-refractivity contribution in [3.8, 4) is 0 Å². The maximum absolute atomic E-state index is 12.4. The number of carbonyl (C=O) groups is 2. The van der Waals surface area contributed by atoms with Crippen LogP contribution in [0.1, 0.15) is 32.0 Å². The summed E-state index contributed by atoms with van der Waals surface area (Å²) >= 11 is 0. The number of rotatable bonds is 4. The van der Waals surface area contributed by atoms with E-state index in [4.69, 9.17) is 4.74 Å². The van der Waals surface area contributed by atoms with Gasteiger partial charge in [0.1, 0.15) is 11.4 Å². The van der Waals surface area contributed by atoms with Crippen molar-refractivity contribution in [3.63, 3.8) is 0 Å². The van der Waals surface area contributed by atoms with E-state index in [0.29, 0.717) is 26.1 Å². The molecule has 0 aliphatic carbocycles. The summed E-state index contributed by atoms with van der Waals surface area (Å²) in [5.41, 5.74) is -0.519.